The van der Waals surface area contributed by atoms with E-state index >= 15 is 0 Å². The lowest BCUT2D eigenvalue weighted by molar-refractivity contribution is -0.132. The van der Waals surface area contributed by atoms with Crippen LogP contribution in [-0.2, 0) is 11.2 Å². The average molecular weight is 327 g/mol. The fraction of sp³-hybridized carbons (Fsp3) is 0.421. The van der Waals surface area contributed by atoms with Gasteiger partial charge in [-0.2, -0.15) is 0 Å². The second-order valence-electron chi connectivity index (χ2n) is 6.20. The van der Waals surface area contributed by atoms with E-state index in [0.29, 0.717) is 26.1 Å². The Morgan fingerprint density at radius 3 is 2.96 bits per heavy atom. The largest absolute Gasteiger partial charge is 0.486 e. The zero-order chi connectivity index (χ0) is 16.4. The molecule has 1 saturated heterocycles. The van der Waals surface area contributed by atoms with Gasteiger partial charge in [0.1, 0.15) is 19.0 Å². The number of likely N-dealkylation sites (tertiary alicyclic amines) is 1. The van der Waals surface area contributed by atoms with Crippen LogP contribution in [0.3, 0.4) is 0 Å². The van der Waals surface area contributed by atoms with Crippen molar-refractivity contribution in [2.24, 2.45) is 0 Å². The molecule has 1 aromatic heterocycles. The number of amides is 1. The summed E-state index contributed by atoms with van der Waals surface area (Å²) in [4.78, 5) is 14.7. The molecule has 0 spiro atoms. The van der Waals surface area contributed by atoms with Crippen molar-refractivity contribution < 1.29 is 18.7 Å². The number of carbonyl (C=O) groups is 1. The molecule has 126 valence electrons. The van der Waals surface area contributed by atoms with E-state index in [1.54, 1.807) is 6.26 Å². The predicted molar refractivity (Wildman–Crippen MR) is 88.1 cm³/mol. The maximum absolute atomic E-state index is 12.7. The zero-order valence-corrected chi connectivity index (χ0v) is 13.6. The summed E-state index contributed by atoms with van der Waals surface area (Å²) in [5.74, 6) is 2.62. The van der Waals surface area contributed by atoms with E-state index in [9.17, 15) is 4.79 Å². The number of carbonyl (C=O) groups excluding carboxylic acids is 1. The van der Waals surface area contributed by atoms with Crippen molar-refractivity contribution >= 4 is 5.91 Å². The number of ether oxygens (including phenoxy) is 2. The highest BCUT2D eigenvalue weighted by atomic mass is 16.6. The average Bonchev–Trinajstić information content (AvgIpc) is 3.31. The van der Waals surface area contributed by atoms with E-state index in [4.69, 9.17) is 13.9 Å². The standard InChI is InChI=1S/C19H21NO4/c21-18(9-8-14-4-3-11-22-14)20-10-2-6-16(20)15-5-1-7-17-19(15)24-13-12-23-17/h1,3-5,7,11,16H,2,6,8-10,12-13H2/t16-/m0/s1. The Hall–Kier alpha value is -2.43. The van der Waals surface area contributed by atoms with Crippen LogP contribution >= 0.6 is 0 Å². The zero-order valence-electron chi connectivity index (χ0n) is 13.6. The van der Waals surface area contributed by atoms with E-state index in [1.807, 2.05) is 29.2 Å². The van der Waals surface area contributed by atoms with Gasteiger partial charge in [-0.3, -0.25) is 4.79 Å². The molecule has 0 saturated carbocycles. The summed E-state index contributed by atoms with van der Waals surface area (Å²) in [6.07, 6.45) is 4.73. The molecular formula is C19H21NO4. The van der Waals surface area contributed by atoms with E-state index in [2.05, 4.69) is 6.07 Å². The smallest absolute Gasteiger partial charge is 0.223 e. The van der Waals surface area contributed by atoms with Crippen LogP contribution in [0.2, 0.25) is 0 Å². The van der Waals surface area contributed by atoms with Crippen LogP contribution in [0.25, 0.3) is 0 Å². The minimum atomic E-state index is 0.0748. The van der Waals surface area contributed by atoms with E-state index in [1.165, 1.54) is 0 Å². The van der Waals surface area contributed by atoms with Gasteiger partial charge in [0, 0.05) is 24.9 Å². The van der Waals surface area contributed by atoms with Gasteiger partial charge in [0.25, 0.3) is 0 Å². The fourth-order valence-electron chi connectivity index (χ4n) is 3.58. The van der Waals surface area contributed by atoms with Crippen molar-refractivity contribution in [1.29, 1.82) is 0 Å². The first kappa shape index (κ1) is 15.1. The van der Waals surface area contributed by atoms with Crippen molar-refractivity contribution in [3.05, 3.63) is 47.9 Å². The monoisotopic (exact) mass is 327 g/mol. The van der Waals surface area contributed by atoms with Gasteiger partial charge in [0.2, 0.25) is 5.91 Å². The lowest BCUT2D eigenvalue weighted by Gasteiger charge is -2.29. The normalized spacial score (nSPS) is 19.5. The number of benzene rings is 1. The van der Waals surface area contributed by atoms with Gasteiger partial charge in [-0.05, 0) is 31.0 Å². The molecule has 0 N–H and O–H groups in total. The molecule has 2 aliphatic rings. The first-order valence-electron chi connectivity index (χ1n) is 8.53. The lowest BCUT2D eigenvalue weighted by Crippen LogP contribution is -2.31. The van der Waals surface area contributed by atoms with Crippen LogP contribution in [0.4, 0.5) is 0 Å². The van der Waals surface area contributed by atoms with Gasteiger partial charge in [0.05, 0.1) is 12.3 Å². The molecule has 24 heavy (non-hydrogen) atoms. The second-order valence-corrected chi connectivity index (χ2v) is 6.20. The Bertz CT molecular complexity index is 710. The number of fused-ring (bicyclic) bond motifs is 1. The van der Waals surface area contributed by atoms with E-state index in [-0.39, 0.29) is 11.9 Å². The highest BCUT2D eigenvalue weighted by Gasteiger charge is 2.33. The maximum atomic E-state index is 12.7. The molecule has 0 unspecified atom stereocenters. The van der Waals surface area contributed by atoms with Gasteiger partial charge >= 0.3 is 0 Å². The number of hydrogen-bond donors (Lipinski definition) is 0. The van der Waals surface area contributed by atoms with Gasteiger partial charge in [-0.1, -0.05) is 12.1 Å². The number of nitrogens with zero attached hydrogens (tertiary/aromatic N) is 1. The molecule has 0 bridgehead atoms. The predicted octanol–water partition coefficient (Wildman–Crippen LogP) is 3.35. The van der Waals surface area contributed by atoms with Crippen molar-refractivity contribution in [2.45, 2.75) is 31.7 Å². The maximum Gasteiger partial charge on any atom is 0.223 e. The SMILES string of the molecule is O=C(CCc1ccco1)N1CCC[C@H]1c1cccc2c1OCCO2. The van der Waals surface area contributed by atoms with Crippen molar-refractivity contribution in [1.82, 2.24) is 4.90 Å². The molecule has 3 heterocycles. The number of para-hydroxylation sites is 1. The minimum Gasteiger partial charge on any atom is -0.486 e. The van der Waals surface area contributed by atoms with E-state index in [0.717, 1.165) is 42.2 Å². The highest BCUT2D eigenvalue weighted by Crippen LogP contribution is 2.42. The van der Waals surface area contributed by atoms with E-state index < -0.39 is 0 Å². The van der Waals surface area contributed by atoms with Crippen molar-refractivity contribution in [2.75, 3.05) is 19.8 Å². The first-order chi connectivity index (χ1) is 11.8. The molecular weight excluding hydrogens is 306 g/mol. The molecule has 1 amide bonds. The van der Waals surface area contributed by atoms with Crippen LogP contribution in [0, 0.1) is 0 Å². The Morgan fingerprint density at radius 2 is 2.08 bits per heavy atom. The Labute approximate surface area is 141 Å². The second kappa shape index (κ2) is 6.59. The molecule has 5 heteroatoms. The highest BCUT2D eigenvalue weighted by molar-refractivity contribution is 5.77. The Morgan fingerprint density at radius 1 is 1.17 bits per heavy atom. The molecule has 1 atom stereocenters. The third kappa shape index (κ3) is 2.86. The topological polar surface area (TPSA) is 51.9 Å². The summed E-state index contributed by atoms with van der Waals surface area (Å²) in [6.45, 7) is 1.93. The summed E-state index contributed by atoms with van der Waals surface area (Å²) in [6, 6.07) is 9.80. The first-order valence-corrected chi connectivity index (χ1v) is 8.53. The summed E-state index contributed by atoms with van der Waals surface area (Å²) in [7, 11) is 0. The van der Waals surface area contributed by atoms with Gasteiger partial charge in [-0.25, -0.2) is 0 Å². The number of rotatable bonds is 4. The Balaban J connectivity index is 1.51. The number of furan rings is 1. The van der Waals surface area contributed by atoms with Crippen molar-refractivity contribution in [3.63, 3.8) is 0 Å². The summed E-state index contributed by atoms with van der Waals surface area (Å²) in [5.41, 5.74) is 1.07. The molecule has 2 aliphatic heterocycles. The number of aryl methyl sites for hydroxylation is 1. The van der Waals surface area contributed by atoms with Crippen LogP contribution in [0.15, 0.2) is 41.0 Å². The van der Waals surface area contributed by atoms with Gasteiger partial charge in [-0.15, -0.1) is 0 Å². The fourth-order valence-corrected chi connectivity index (χ4v) is 3.58. The third-order valence-corrected chi connectivity index (χ3v) is 4.69. The van der Waals surface area contributed by atoms with Crippen LogP contribution in [-0.4, -0.2) is 30.6 Å². The number of hydrogen-bond acceptors (Lipinski definition) is 4. The summed E-state index contributed by atoms with van der Waals surface area (Å²) >= 11 is 0. The quantitative estimate of drug-likeness (QED) is 0.864. The Kier molecular flexibility index (Phi) is 4.15. The van der Waals surface area contributed by atoms with Crippen LogP contribution in [0.1, 0.15) is 36.6 Å². The minimum absolute atomic E-state index is 0.0748. The van der Waals surface area contributed by atoms with Gasteiger partial charge < -0.3 is 18.8 Å². The molecule has 2 aromatic rings. The molecule has 0 aliphatic carbocycles. The van der Waals surface area contributed by atoms with Crippen molar-refractivity contribution in [3.8, 4) is 11.5 Å². The molecule has 0 radical (unpaired) electrons. The molecule has 4 rings (SSSR count). The van der Waals surface area contributed by atoms with Crippen LogP contribution in [0.5, 0.6) is 11.5 Å². The molecule has 5 nitrogen and oxygen atoms in total. The summed E-state index contributed by atoms with van der Waals surface area (Å²) < 4.78 is 16.8. The molecule has 1 aromatic carbocycles. The lowest BCUT2D eigenvalue weighted by atomic mass is 10.0. The third-order valence-electron chi connectivity index (χ3n) is 4.69. The summed E-state index contributed by atoms with van der Waals surface area (Å²) in [5, 5.41) is 0. The van der Waals surface area contributed by atoms with Crippen LogP contribution < -0.4 is 9.47 Å². The van der Waals surface area contributed by atoms with Gasteiger partial charge in [0.15, 0.2) is 11.5 Å². The molecule has 1 fully saturated rings.